The Balaban J connectivity index is 6.94. The van der Waals surface area contributed by atoms with Gasteiger partial charge in [0.2, 0.25) is 5.79 Å². The van der Waals surface area contributed by atoms with Gasteiger partial charge in [-0.15, -0.1) is 0 Å². The third-order valence-corrected chi connectivity index (χ3v) is 2.61. The zero-order valence-electron chi connectivity index (χ0n) is 9.79. The maximum Gasteiger partial charge on any atom is 0.431 e. The second-order valence-corrected chi connectivity index (χ2v) is 4.05. The molecule has 16 heteroatoms. The van der Waals surface area contributed by atoms with Gasteiger partial charge in [-0.05, 0) is 0 Å². The van der Waals surface area contributed by atoms with E-state index in [0.29, 0.717) is 0 Å². The van der Waals surface area contributed by atoms with Crippen molar-refractivity contribution in [2.75, 3.05) is 0 Å². The number of alkyl halides is 12. The molecule has 0 amide bonds. The third-order valence-electron chi connectivity index (χ3n) is 2.61. The van der Waals surface area contributed by atoms with Gasteiger partial charge in [0.15, 0.2) is 0 Å². The van der Waals surface area contributed by atoms with Crippen LogP contribution in [-0.4, -0.2) is 57.0 Å². The normalized spacial score (nSPS) is 16.7. The molecule has 0 radical (unpaired) electrons. The van der Waals surface area contributed by atoms with Gasteiger partial charge in [-0.1, -0.05) is 0 Å². The van der Waals surface area contributed by atoms with Crippen molar-refractivity contribution < 1.29 is 73.1 Å². The molecule has 0 unspecified atom stereocenters. The van der Waals surface area contributed by atoms with Gasteiger partial charge in [0.05, 0.1) is 0 Å². The van der Waals surface area contributed by atoms with Crippen LogP contribution in [0.3, 0.4) is 0 Å². The Morgan fingerprint density at radius 2 is 0.696 bits per heavy atom. The second-order valence-electron chi connectivity index (χ2n) is 4.05. The summed E-state index contributed by atoms with van der Waals surface area (Å²) < 4.78 is 147. The zero-order valence-corrected chi connectivity index (χ0v) is 9.79. The molecule has 140 valence electrons. The quantitative estimate of drug-likeness (QED) is 0.489. The van der Waals surface area contributed by atoms with E-state index in [1.165, 1.54) is 0 Å². The van der Waals surface area contributed by atoms with E-state index >= 15 is 0 Å². The molecule has 0 heterocycles. The van der Waals surface area contributed by atoms with Crippen molar-refractivity contribution in [2.24, 2.45) is 0 Å². The summed E-state index contributed by atoms with van der Waals surface area (Å²) in [5.74, 6) is -7.35. The molecular formula is C7H3F12O4-. The largest absolute Gasteiger partial charge is 0.832 e. The van der Waals surface area contributed by atoms with Crippen LogP contribution in [-0.2, 0) is 0 Å². The summed E-state index contributed by atoms with van der Waals surface area (Å²) in [4.78, 5) is 0. The fourth-order valence-electron chi connectivity index (χ4n) is 1.37. The van der Waals surface area contributed by atoms with Gasteiger partial charge in [0.25, 0.3) is 0 Å². The van der Waals surface area contributed by atoms with Crippen molar-refractivity contribution in [1.29, 1.82) is 0 Å². The van der Waals surface area contributed by atoms with Crippen LogP contribution in [0.4, 0.5) is 52.7 Å². The summed E-state index contributed by atoms with van der Waals surface area (Å²) in [5, 5.41) is 35.9. The Hall–Kier alpha value is -1.00. The van der Waals surface area contributed by atoms with Gasteiger partial charge in [-0.25, -0.2) is 0 Å². The highest BCUT2D eigenvalue weighted by molar-refractivity contribution is 5.16. The van der Waals surface area contributed by atoms with Crippen molar-refractivity contribution in [1.82, 2.24) is 0 Å². The second kappa shape index (κ2) is 5.00. The number of halogens is 12. The van der Waals surface area contributed by atoms with Crippen molar-refractivity contribution in [3.8, 4) is 0 Å². The van der Waals surface area contributed by atoms with Crippen LogP contribution in [0.25, 0.3) is 0 Å². The van der Waals surface area contributed by atoms with Gasteiger partial charge < -0.3 is 20.4 Å². The predicted octanol–water partition coefficient (Wildman–Crippen LogP) is 0.747. The van der Waals surface area contributed by atoms with E-state index in [4.69, 9.17) is 15.3 Å². The molecule has 0 saturated carbocycles. The van der Waals surface area contributed by atoms with Crippen LogP contribution < -0.4 is 5.11 Å². The van der Waals surface area contributed by atoms with Crippen LogP contribution in [0.15, 0.2) is 0 Å². The smallest absolute Gasteiger partial charge is 0.431 e. The summed E-state index contributed by atoms with van der Waals surface area (Å²) in [5.41, 5.74) is -15.1. The van der Waals surface area contributed by atoms with Gasteiger partial charge in [0, 0.05) is 0 Å². The molecule has 0 saturated heterocycles. The van der Waals surface area contributed by atoms with Crippen LogP contribution in [0.2, 0.25) is 0 Å². The first kappa shape index (κ1) is 22.0. The lowest BCUT2D eigenvalue weighted by atomic mass is 9.77. The highest BCUT2D eigenvalue weighted by atomic mass is 19.4. The molecule has 0 aliphatic carbocycles. The molecule has 0 fully saturated rings. The number of aliphatic hydroxyl groups is 3. The van der Waals surface area contributed by atoms with E-state index < -0.39 is 41.7 Å². The first-order valence-electron chi connectivity index (χ1n) is 4.64. The van der Waals surface area contributed by atoms with Crippen molar-refractivity contribution in [3.63, 3.8) is 0 Å². The first-order valence-corrected chi connectivity index (χ1v) is 4.64. The van der Waals surface area contributed by atoms with E-state index in [0.717, 1.165) is 0 Å². The monoisotopic (exact) mass is 379 g/mol. The minimum absolute atomic E-state index is 7.35. The van der Waals surface area contributed by atoms with Crippen LogP contribution >= 0.6 is 0 Å². The minimum atomic E-state index is -7.66. The van der Waals surface area contributed by atoms with Crippen molar-refractivity contribution in [3.05, 3.63) is 0 Å². The third kappa shape index (κ3) is 2.70. The van der Waals surface area contributed by atoms with E-state index in [1.807, 2.05) is 0 Å². The Bertz CT molecular complexity index is 372. The number of hydrogen-bond acceptors (Lipinski definition) is 4. The molecule has 4 nitrogen and oxygen atoms in total. The Kier molecular flexibility index (Phi) is 4.78. The SMILES string of the molecule is [O-]C(C(F)(F)F)(C(F)(F)F)C(O)(O)C(O)(C(F)(F)F)C(F)(F)F. The average molecular weight is 379 g/mol. The van der Waals surface area contributed by atoms with E-state index in [9.17, 15) is 57.8 Å². The fourth-order valence-corrected chi connectivity index (χ4v) is 1.37. The molecule has 0 spiro atoms. The van der Waals surface area contributed by atoms with Crippen molar-refractivity contribution in [2.45, 2.75) is 41.7 Å². The fraction of sp³-hybridized carbons (Fsp3) is 1.00. The molecule has 0 atom stereocenters. The highest BCUT2D eigenvalue weighted by Gasteiger charge is 2.88. The lowest BCUT2D eigenvalue weighted by Gasteiger charge is -2.55. The van der Waals surface area contributed by atoms with Crippen LogP contribution in [0.1, 0.15) is 0 Å². The molecule has 0 aliphatic heterocycles. The summed E-state index contributed by atoms with van der Waals surface area (Å²) >= 11 is 0. The topological polar surface area (TPSA) is 83.8 Å². The molecule has 0 rings (SSSR count). The van der Waals surface area contributed by atoms with Crippen LogP contribution in [0, 0.1) is 0 Å². The highest BCUT2D eigenvalue weighted by Crippen LogP contribution is 2.57. The van der Waals surface area contributed by atoms with Gasteiger partial charge in [0.1, 0.15) is 5.60 Å². The number of rotatable bonds is 2. The lowest BCUT2D eigenvalue weighted by molar-refractivity contribution is -0.662. The van der Waals surface area contributed by atoms with Crippen molar-refractivity contribution >= 4 is 0 Å². The van der Waals surface area contributed by atoms with Gasteiger partial charge in [-0.3, -0.25) is 0 Å². The van der Waals surface area contributed by atoms with Crippen LogP contribution in [0.5, 0.6) is 0 Å². The van der Waals surface area contributed by atoms with E-state index in [1.54, 1.807) is 0 Å². The Morgan fingerprint density at radius 1 is 0.478 bits per heavy atom. The molecule has 0 aromatic heterocycles. The van der Waals surface area contributed by atoms with Gasteiger partial charge >= 0.3 is 30.3 Å². The molecular weight excluding hydrogens is 376 g/mol. The summed E-state index contributed by atoms with van der Waals surface area (Å²) in [6.07, 6.45) is -30.4. The van der Waals surface area contributed by atoms with Gasteiger partial charge in [-0.2, -0.15) is 52.7 Å². The molecule has 0 bridgehead atoms. The summed E-state index contributed by atoms with van der Waals surface area (Å²) in [6.45, 7) is 0. The maximum absolute atomic E-state index is 12.2. The minimum Gasteiger partial charge on any atom is -0.832 e. The molecule has 0 aromatic carbocycles. The first-order chi connectivity index (χ1) is 9.50. The Labute approximate surface area is 116 Å². The molecule has 23 heavy (non-hydrogen) atoms. The maximum atomic E-state index is 12.2. The lowest BCUT2D eigenvalue weighted by Crippen LogP contribution is -2.88. The number of hydrogen-bond donors (Lipinski definition) is 3. The molecule has 3 N–H and O–H groups in total. The summed E-state index contributed by atoms with van der Waals surface area (Å²) in [7, 11) is 0. The predicted molar refractivity (Wildman–Crippen MR) is 39.1 cm³/mol. The Morgan fingerprint density at radius 3 is 0.826 bits per heavy atom. The molecule has 0 aliphatic rings. The summed E-state index contributed by atoms with van der Waals surface area (Å²) in [6, 6.07) is 0. The van der Waals surface area contributed by atoms with E-state index in [2.05, 4.69) is 0 Å². The standard InChI is InChI=1S/C7H3F12O4/c8-4(9,10)1(20,5(11,12)13)3(22,23)2(21,6(14,15)16)7(17,18)19/h20,22-23H/q-1. The molecule has 0 aromatic rings. The van der Waals surface area contributed by atoms with E-state index in [-0.39, 0.29) is 0 Å². The zero-order chi connectivity index (χ0) is 19.5. The average Bonchev–Trinajstić information content (AvgIpc) is 2.19.